The molecular weight excluding hydrogens is 432 g/mol. The van der Waals surface area contributed by atoms with E-state index >= 15 is 0 Å². The molecule has 1 aromatic carbocycles. The minimum absolute atomic E-state index is 0.0111. The van der Waals surface area contributed by atoms with Crippen molar-refractivity contribution in [3.05, 3.63) is 28.6 Å². The van der Waals surface area contributed by atoms with Gasteiger partial charge in [0, 0.05) is 18.5 Å². The van der Waals surface area contributed by atoms with Crippen molar-refractivity contribution < 1.29 is 14.3 Å². The van der Waals surface area contributed by atoms with Gasteiger partial charge in [-0.1, -0.05) is 38.5 Å². The highest BCUT2D eigenvalue weighted by molar-refractivity contribution is 5.94. The van der Waals surface area contributed by atoms with E-state index in [1.54, 1.807) is 18.2 Å². The number of nitrogens with zero attached hydrogens (tertiary/aromatic N) is 3. The van der Waals surface area contributed by atoms with Gasteiger partial charge in [0.15, 0.2) is 0 Å². The molecule has 0 atom stereocenters. The maximum absolute atomic E-state index is 13.3. The quantitative estimate of drug-likeness (QED) is 0.623. The Kier molecular flexibility index (Phi) is 6.83. The highest BCUT2D eigenvalue weighted by atomic mass is 16.5. The number of hydrogen-bond donors (Lipinski definition) is 1. The van der Waals surface area contributed by atoms with Crippen LogP contribution in [0.1, 0.15) is 77.0 Å². The molecule has 0 spiro atoms. The Balaban J connectivity index is 1.20. The molecule has 2 fully saturated rings. The summed E-state index contributed by atoms with van der Waals surface area (Å²) in [4.78, 5) is 44.3. The van der Waals surface area contributed by atoms with Crippen molar-refractivity contribution in [2.45, 2.75) is 95.7 Å². The van der Waals surface area contributed by atoms with Crippen molar-refractivity contribution in [1.29, 1.82) is 0 Å². The predicted octanol–water partition coefficient (Wildman–Crippen LogP) is 4.00. The maximum Gasteiger partial charge on any atom is 0.263 e. The molecule has 1 aromatic heterocycles. The summed E-state index contributed by atoms with van der Waals surface area (Å²) < 4.78 is 7.25. The minimum atomic E-state index is -0.255. The number of carbonyl (C=O) groups excluding carboxylic acids is 2. The summed E-state index contributed by atoms with van der Waals surface area (Å²) in [5.74, 6) is 0.899. The summed E-state index contributed by atoms with van der Waals surface area (Å²) in [7, 11) is 0. The number of nitrogens with one attached hydrogen (secondary N) is 1. The molecule has 0 saturated heterocycles. The van der Waals surface area contributed by atoms with Crippen molar-refractivity contribution in [3.63, 3.8) is 0 Å². The zero-order chi connectivity index (χ0) is 23.5. The van der Waals surface area contributed by atoms with E-state index in [4.69, 9.17) is 4.74 Å². The van der Waals surface area contributed by atoms with Gasteiger partial charge in [-0.25, -0.2) is 4.98 Å². The molecule has 2 saturated carbocycles. The fraction of sp³-hybridized carbons (Fsp3) is 0.615. The second kappa shape index (κ2) is 10.2. The topological polar surface area (TPSA) is 93.5 Å². The summed E-state index contributed by atoms with van der Waals surface area (Å²) in [6.45, 7) is 0.406. The molecule has 2 heterocycles. The highest BCUT2D eigenvalue weighted by Gasteiger charge is 2.32. The molecule has 0 unspecified atom stereocenters. The van der Waals surface area contributed by atoms with Gasteiger partial charge in [0.1, 0.15) is 12.3 Å². The van der Waals surface area contributed by atoms with Gasteiger partial charge in [0.25, 0.3) is 5.56 Å². The lowest BCUT2D eigenvalue weighted by Gasteiger charge is -2.42. The van der Waals surface area contributed by atoms with Crippen LogP contribution in [-0.4, -0.2) is 45.0 Å². The molecule has 8 heteroatoms. The van der Waals surface area contributed by atoms with Crippen LogP contribution in [0.4, 0.5) is 5.95 Å². The Hall–Kier alpha value is -2.90. The zero-order valence-electron chi connectivity index (χ0n) is 19.8. The van der Waals surface area contributed by atoms with E-state index < -0.39 is 0 Å². The number of benzene rings is 1. The molecular formula is C26H34N4O4. The van der Waals surface area contributed by atoms with Crippen molar-refractivity contribution in [2.75, 3.05) is 11.9 Å². The Labute approximate surface area is 199 Å². The van der Waals surface area contributed by atoms with Crippen LogP contribution in [0.3, 0.4) is 0 Å². The molecule has 8 nitrogen and oxygen atoms in total. The second-order valence-electron chi connectivity index (χ2n) is 9.89. The molecule has 2 aromatic rings. The van der Waals surface area contributed by atoms with Crippen molar-refractivity contribution >= 4 is 28.7 Å². The molecule has 2 amide bonds. The molecule has 1 N–H and O–H groups in total. The third-order valence-corrected chi connectivity index (χ3v) is 7.51. The number of rotatable bonds is 7. The third kappa shape index (κ3) is 4.81. The first-order chi connectivity index (χ1) is 16.6. The highest BCUT2D eigenvalue weighted by Crippen LogP contribution is 2.31. The van der Waals surface area contributed by atoms with Gasteiger partial charge in [-0.05, 0) is 50.3 Å². The van der Waals surface area contributed by atoms with Crippen LogP contribution in [0, 0.1) is 0 Å². The first-order valence-electron chi connectivity index (χ1n) is 12.9. The lowest BCUT2D eigenvalue weighted by molar-refractivity contribution is -0.138. The number of fused-ring (bicyclic) bond motifs is 2. The van der Waals surface area contributed by atoms with Gasteiger partial charge in [0.2, 0.25) is 17.8 Å². The summed E-state index contributed by atoms with van der Waals surface area (Å²) >= 11 is 0. The van der Waals surface area contributed by atoms with E-state index in [2.05, 4.69) is 15.2 Å². The van der Waals surface area contributed by atoms with Crippen LogP contribution in [-0.2, 0) is 16.1 Å². The number of carbonyl (C=O) groups is 2. The zero-order valence-corrected chi connectivity index (χ0v) is 19.8. The summed E-state index contributed by atoms with van der Waals surface area (Å²) in [5, 5.41) is 3.02. The van der Waals surface area contributed by atoms with E-state index in [1.807, 2.05) is 0 Å². The van der Waals surface area contributed by atoms with Crippen LogP contribution in [0.25, 0.3) is 10.9 Å². The standard InChI is InChI=1S/C26H34N4O4/c31-23-17-29-25(33)21-16-20(13-14-22(21)27-26(29)28-23)34-15-7-12-24(32)30(18-8-3-1-4-9-18)19-10-5-2-6-11-19/h13-14,16,18-19H,1-12,15,17H2,(H,27,28,31). The molecule has 182 valence electrons. The Bertz CT molecular complexity index is 1100. The number of aromatic nitrogens is 2. The molecule has 1 aliphatic heterocycles. The van der Waals surface area contributed by atoms with Crippen molar-refractivity contribution in [3.8, 4) is 5.75 Å². The van der Waals surface area contributed by atoms with Gasteiger partial charge in [-0.2, -0.15) is 0 Å². The van der Waals surface area contributed by atoms with Crippen LogP contribution in [0.5, 0.6) is 5.75 Å². The summed E-state index contributed by atoms with van der Waals surface area (Å²) in [5.41, 5.74) is 0.270. The maximum atomic E-state index is 13.3. The molecule has 5 rings (SSSR count). The largest absolute Gasteiger partial charge is 0.494 e. The monoisotopic (exact) mass is 466 g/mol. The third-order valence-electron chi connectivity index (χ3n) is 7.51. The van der Waals surface area contributed by atoms with Gasteiger partial charge in [-0.3, -0.25) is 24.3 Å². The second-order valence-corrected chi connectivity index (χ2v) is 9.89. The van der Waals surface area contributed by atoms with E-state index in [1.165, 1.54) is 43.1 Å². The first-order valence-corrected chi connectivity index (χ1v) is 12.9. The number of amides is 2. The van der Waals surface area contributed by atoms with Crippen LogP contribution < -0.4 is 15.6 Å². The number of ether oxygens (including phenoxy) is 1. The fourth-order valence-corrected chi connectivity index (χ4v) is 5.81. The van der Waals surface area contributed by atoms with Crippen LogP contribution in [0.15, 0.2) is 23.0 Å². The van der Waals surface area contributed by atoms with Crippen LogP contribution >= 0.6 is 0 Å². The van der Waals surface area contributed by atoms with Crippen LogP contribution in [0.2, 0.25) is 0 Å². The Morgan fingerprint density at radius 2 is 1.71 bits per heavy atom. The Morgan fingerprint density at radius 1 is 1.03 bits per heavy atom. The summed E-state index contributed by atoms with van der Waals surface area (Å²) in [6, 6.07) is 6.01. The molecule has 34 heavy (non-hydrogen) atoms. The van der Waals surface area contributed by atoms with E-state index in [0.717, 1.165) is 25.7 Å². The SMILES string of the molecule is O=C1Cn2c(nc3ccc(OCCCC(=O)N(C4CCCCC4)C4CCCCC4)cc3c2=O)N1. The smallest absolute Gasteiger partial charge is 0.263 e. The summed E-state index contributed by atoms with van der Waals surface area (Å²) in [6.07, 6.45) is 13.2. The van der Waals surface area contributed by atoms with E-state index in [0.29, 0.717) is 48.2 Å². The van der Waals surface area contributed by atoms with Gasteiger partial charge in [-0.15, -0.1) is 0 Å². The Morgan fingerprint density at radius 3 is 2.38 bits per heavy atom. The predicted molar refractivity (Wildman–Crippen MR) is 130 cm³/mol. The number of anilines is 1. The van der Waals surface area contributed by atoms with Crippen molar-refractivity contribution in [1.82, 2.24) is 14.5 Å². The first kappa shape index (κ1) is 22.9. The fourth-order valence-electron chi connectivity index (χ4n) is 5.81. The van der Waals surface area contributed by atoms with Crippen molar-refractivity contribution in [2.24, 2.45) is 0 Å². The molecule has 3 aliphatic rings. The molecule has 2 aliphatic carbocycles. The lowest BCUT2D eigenvalue weighted by atomic mass is 9.88. The van der Waals surface area contributed by atoms with Gasteiger partial charge >= 0.3 is 0 Å². The average molecular weight is 467 g/mol. The van der Waals surface area contributed by atoms with E-state index in [9.17, 15) is 14.4 Å². The van der Waals surface area contributed by atoms with E-state index in [-0.39, 0.29) is 29.9 Å². The van der Waals surface area contributed by atoms with Gasteiger partial charge in [0.05, 0.1) is 17.5 Å². The van der Waals surface area contributed by atoms with Gasteiger partial charge < -0.3 is 9.64 Å². The number of hydrogen-bond acceptors (Lipinski definition) is 5. The average Bonchev–Trinajstić information content (AvgIpc) is 3.24. The lowest BCUT2D eigenvalue weighted by Crippen LogP contribution is -2.48. The molecule has 0 bridgehead atoms. The normalized spacial score (nSPS) is 19.1. The molecule has 0 radical (unpaired) electrons. The minimum Gasteiger partial charge on any atom is -0.494 e.